The van der Waals surface area contributed by atoms with E-state index in [0.29, 0.717) is 4.90 Å². The number of carbonyl (C=O) groups excluding carboxylic acids is 2. The number of carboxylic acid groups (broad SMARTS) is 1. The minimum absolute atomic E-state index is 0.104. The number of halogens is 3. The number of benzene rings is 2. The lowest BCUT2D eigenvalue weighted by Crippen LogP contribution is -2.58. The fourth-order valence-electron chi connectivity index (χ4n) is 4.01. The molecule has 0 heterocycles. The molecule has 33 heavy (non-hydrogen) atoms. The Balaban J connectivity index is 1.73. The highest BCUT2D eigenvalue weighted by Gasteiger charge is 2.49. The van der Waals surface area contributed by atoms with E-state index in [4.69, 9.17) is 9.84 Å². The molecule has 1 aliphatic carbocycles. The monoisotopic (exact) mass is 464 g/mol. The molecule has 0 fully saturated rings. The highest BCUT2D eigenvalue weighted by molar-refractivity contribution is 5.89. The zero-order valence-corrected chi connectivity index (χ0v) is 17.9. The van der Waals surface area contributed by atoms with Gasteiger partial charge in [0.25, 0.3) is 5.91 Å². The average Bonchev–Trinajstić information content (AvgIpc) is 3.08. The van der Waals surface area contributed by atoms with Gasteiger partial charge in [-0.3, -0.25) is 4.79 Å². The zero-order chi connectivity index (χ0) is 24.3. The summed E-state index contributed by atoms with van der Waals surface area (Å²) in [5.74, 6) is -3.41. The SMILES string of the molecule is CCC(C(=O)O)N(C)C(=O)C(NC(=O)OCC1c2ccccc2-c2ccccc21)C(F)(F)F. The first-order valence-electron chi connectivity index (χ1n) is 10.2. The van der Waals surface area contributed by atoms with Crippen molar-refractivity contribution in [2.24, 2.45) is 0 Å². The van der Waals surface area contributed by atoms with E-state index >= 15 is 0 Å². The average molecular weight is 464 g/mol. The molecule has 2 amide bonds. The summed E-state index contributed by atoms with van der Waals surface area (Å²) in [6, 6.07) is 10.5. The van der Waals surface area contributed by atoms with E-state index in [0.717, 1.165) is 29.3 Å². The molecule has 3 rings (SSSR count). The van der Waals surface area contributed by atoms with Crippen LogP contribution in [0.5, 0.6) is 0 Å². The summed E-state index contributed by atoms with van der Waals surface area (Å²) in [6.07, 6.45) is -6.68. The number of hydrogen-bond donors (Lipinski definition) is 2. The number of nitrogens with zero attached hydrogens (tertiary/aromatic N) is 1. The first-order chi connectivity index (χ1) is 15.6. The van der Waals surface area contributed by atoms with Crippen LogP contribution in [-0.4, -0.2) is 59.9 Å². The Morgan fingerprint density at radius 2 is 1.58 bits per heavy atom. The molecule has 1 aliphatic rings. The molecule has 0 saturated carbocycles. The van der Waals surface area contributed by atoms with Gasteiger partial charge in [-0.1, -0.05) is 55.5 Å². The van der Waals surface area contributed by atoms with Gasteiger partial charge >= 0.3 is 18.2 Å². The van der Waals surface area contributed by atoms with Gasteiger partial charge in [0.15, 0.2) is 0 Å². The Morgan fingerprint density at radius 3 is 2.03 bits per heavy atom. The largest absolute Gasteiger partial charge is 0.480 e. The third kappa shape index (κ3) is 4.94. The normalized spacial score (nSPS) is 14.6. The van der Waals surface area contributed by atoms with E-state index in [2.05, 4.69) is 0 Å². The summed E-state index contributed by atoms with van der Waals surface area (Å²) < 4.78 is 45.7. The van der Waals surface area contributed by atoms with E-state index in [1.54, 1.807) is 5.32 Å². The van der Waals surface area contributed by atoms with E-state index in [1.165, 1.54) is 6.92 Å². The predicted molar refractivity (Wildman–Crippen MR) is 113 cm³/mol. The lowest BCUT2D eigenvalue weighted by atomic mass is 9.98. The topological polar surface area (TPSA) is 95.9 Å². The molecule has 0 saturated heterocycles. The van der Waals surface area contributed by atoms with Crippen LogP contribution >= 0.6 is 0 Å². The van der Waals surface area contributed by atoms with Crippen LogP contribution in [-0.2, 0) is 14.3 Å². The number of carboxylic acids is 1. The number of ether oxygens (including phenoxy) is 1. The molecule has 0 aliphatic heterocycles. The smallest absolute Gasteiger partial charge is 0.417 e. The summed E-state index contributed by atoms with van der Waals surface area (Å²) in [5.41, 5.74) is 3.65. The second-order valence-corrected chi connectivity index (χ2v) is 7.66. The summed E-state index contributed by atoms with van der Waals surface area (Å²) in [4.78, 5) is 36.3. The summed E-state index contributed by atoms with van der Waals surface area (Å²) in [6.45, 7) is 1.19. The number of nitrogens with one attached hydrogen (secondary N) is 1. The second-order valence-electron chi connectivity index (χ2n) is 7.66. The minimum Gasteiger partial charge on any atom is -0.480 e. The Morgan fingerprint density at radius 1 is 1.06 bits per heavy atom. The molecule has 0 radical (unpaired) electrons. The Labute approximate surface area is 188 Å². The Hall–Kier alpha value is -3.56. The molecule has 0 spiro atoms. The zero-order valence-electron chi connectivity index (χ0n) is 17.9. The van der Waals surface area contributed by atoms with Crippen molar-refractivity contribution < 1.29 is 37.4 Å². The fraction of sp³-hybridized carbons (Fsp3) is 0.348. The molecule has 0 aromatic heterocycles. The van der Waals surface area contributed by atoms with Crippen molar-refractivity contribution in [3.05, 3.63) is 59.7 Å². The number of amides is 2. The molecule has 0 bridgehead atoms. The van der Waals surface area contributed by atoms with E-state index in [1.807, 2.05) is 48.5 Å². The standard InChI is InChI=1S/C23H23F3N2O5/c1-3-18(21(30)31)28(2)20(29)19(23(24,25)26)27-22(32)33-12-17-15-10-6-4-8-13(15)14-9-5-7-11-16(14)17/h4-11,17-19H,3,12H2,1-2H3,(H,27,32)(H,30,31). The number of alkyl carbamates (subject to hydrolysis) is 1. The van der Waals surface area contributed by atoms with Crippen LogP contribution in [0.4, 0.5) is 18.0 Å². The van der Waals surface area contributed by atoms with Crippen molar-refractivity contribution in [2.75, 3.05) is 13.7 Å². The first kappa shape index (κ1) is 24.1. The maximum Gasteiger partial charge on any atom is 0.417 e. The van der Waals surface area contributed by atoms with Gasteiger partial charge in [0.1, 0.15) is 12.6 Å². The summed E-state index contributed by atoms with van der Waals surface area (Å²) in [5, 5.41) is 10.7. The number of aliphatic carboxylic acids is 1. The summed E-state index contributed by atoms with van der Waals surface area (Å²) in [7, 11) is 0.947. The van der Waals surface area contributed by atoms with Crippen LogP contribution in [0.1, 0.15) is 30.4 Å². The molecule has 2 atom stereocenters. The first-order valence-corrected chi connectivity index (χ1v) is 10.2. The quantitative estimate of drug-likeness (QED) is 0.650. The van der Waals surface area contributed by atoms with Gasteiger partial charge in [-0.15, -0.1) is 0 Å². The highest BCUT2D eigenvalue weighted by Crippen LogP contribution is 2.44. The number of hydrogen-bond acceptors (Lipinski definition) is 4. The van der Waals surface area contributed by atoms with Crippen LogP contribution in [0, 0.1) is 0 Å². The fourth-order valence-corrected chi connectivity index (χ4v) is 4.01. The van der Waals surface area contributed by atoms with E-state index in [-0.39, 0.29) is 18.9 Å². The van der Waals surface area contributed by atoms with Gasteiger partial charge in [-0.25, -0.2) is 9.59 Å². The second kappa shape index (κ2) is 9.51. The van der Waals surface area contributed by atoms with Gasteiger partial charge in [-0.05, 0) is 28.7 Å². The third-order valence-electron chi connectivity index (χ3n) is 5.67. The van der Waals surface area contributed by atoms with Gasteiger partial charge in [-0.2, -0.15) is 13.2 Å². The maximum absolute atomic E-state index is 13.5. The molecule has 2 aromatic carbocycles. The molecule has 2 N–H and O–H groups in total. The van der Waals surface area contributed by atoms with Crippen molar-refractivity contribution in [1.82, 2.24) is 10.2 Å². The number of alkyl halides is 3. The lowest BCUT2D eigenvalue weighted by Gasteiger charge is -2.29. The number of likely N-dealkylation sites (N-methyl/N-ethyl adjacent to an activating group) is 1. The van der Waals surface area contributed by atoms with Crippen LogP contribution in [0.15, 0.2) is 48.5 Å². The van der Waals surface area contributed by atoms with Gasteiger partial charge < -0.3 is 20.1 Å². The van der Waals surface area contributed by atoms with Crippen molar-refractivity contribution in [3.63, 3.8) is 0 Å². The number of fused-ring (bicyclic) bond motifs is 3. The van der Waals surface area contributed by atoms with Crippen LogP contribution < -0.4 is 5.32 Å². The van der Waals surface area contributed by atoms with Crippen LogP contribution in [0.3, 0.4) is 0 Å². The van der Waals surface area contributed by atoms with Crippen LogP contribution in [0.2, 0.25) is 0 Å². The van der Waals surface area contributed by atoms with Gasteiger partial charge in [0.2, 0.25) is 6.04 Å². The van der Waals surface area contributed by atoms with Crippen molar-refractivity contribution >= 4 is 18.0 Å². The number of rotatable bonds is 7. The van der Waals surface area contributed by atoms with Gasteiger partial charge in [0.05, 0.1) is 0 Å². The summed E-state index contributed by atoms with van der Waals surface area (Å²) >= 11 is 0. The Kier molecular flexibility index (Phi) is 6.95. The molecule has 2 aromatic rings. The molecule has 10 heteroatoms. The lowest BCUT2D eigenvalue weighted by molar-refractivity contribution is -0.177. The van der Waals surface area contributed by atoms with E-state index < -0.39 is 36.2 Å². The third-order valence-corrected chi connectivity index (χ3v) is 5.67. The van der Waals surface area contributed by atoms with Crippen molar-refractivity contribution in [3.8, 4) is 11.1 Å². The van der Waals surface area contributed by atoms with Crippen molar-refractivity contribution in [1.29, 1.82) is 0 Å². The Bertz CT molecular complexity index is 1010. The molecular formula is C23H23F3N2O5. The van der Waals surface area contributed by atoms with E-state index in [9.17, 15) is 27.6 Å². The van der Waals surface area contributed by atoms with Crippen molar-refractivity contribution in [2.45, 2.75) is 37.5 Å². The van der Waals surface area contributed by atoms with Gasteiger partial charge in [0, 0.05) is 13.0 Å². The molecule has 7 nitrogen and oxygen atoms in total. The number of carbonyl (C=O) groups is 3. The molecular weight excluding hydrogens is 441 g/mol. The minimum atomic E-state index is -5.15. The maximum atomic E-state index is 13.5. The van der Waals surface area contributed by atoms with Crippen LogP contribution in [0.25, 0.3) is 11.1 Å². The highest BCUT2D eigenvalue weighted by atomic mass is 19.4. The predicted octanol–water partition coefficient (Wildman–Crippen LogP) is 3.78. The molecule has 2 unspecified atom stereocenters. The molecule has 176 valence electrons.